The Morgan fingerprint density at radius 3 is 2.81 bits per heavy atom. The second-order valence-electron chi connectivity index (χ2n) is 5.88. The highest BCUT2D eigenvalue weighted by molar-refractivity contribution is 5.90. The number of aromatic nitrogens is 2. The van der Waals surface area contributed by atoms with E-state index < -0.39 is 0 Å². The molecule has 0 radical (unpaired) electrons. The Bertz CT molecular complexity index is 722. The molecule has 0 aromatic carbocycles. The van der Waals surface area contributed by atoms with Gasteiger partial charge in [0, 0.05) is 23.5 Å². The summed E-state index contributed by atoms with van der Waals surface area (Å²) >= 11 is 0. The lowest BCUT2D eigenvalue weighted by atomic mass is 9.96. The lowest BCUT2D eigenvalue weighted by Gasteiger charge is -2.26. The number of carbonyl (C=O) groups excluding carboxylic acids is 1. The maximum atomic E-state index is 12.1. The van der Waals surface area contributed by atoms with Gasteiger partial charge in [0.1, 0.15) is 5.69 Å². The minimum atomic E-state index is -0.255. The number of aromatic amines is 1. The lowest BCUT2D eigenvalue weighted by Crippen LogP contribution is -2.19. The van der Waals surface area contributed by atoms with E-state index in [1.165, 1.54) is 22.5 Å². The molecule has 2 aromatic heterocycles. The number of nitrogens with one attached hydrogen (secondary N) is 1. The topological polar surface area (TPSA) is 47.0 Å². The van der Waals surface area contributed by atoms with E-state index in [-0.39, 0.29) is 12.0 Å². The summed E-state index contributed by atoms with van der Waals surface area (Å²) in [6.07, 6.45) is 0.847. The molecule has 1 atom stereocenters. The van der Waals surface area contributed by atoms with Crippen molar-refractivity contribution in [3.8, 4) is 0 Å². The van der Waals surface area contributed by atoms with E-state index in [2.05, 4.69) is 36.4 Å². The molecule has 0 aliphatic carbocycles. The summed E-state index contributed by atoms with van der Waals surface area (Å²) in [5.74, 6) is -0.255. The van der Waals surface area contributed by atoms with Crippen molar-refractivity contribution in [2.75, 3.05) is 6.61 Å². The van der Waals surface area contributed by atoms with Crippen molar-refractivity contribution in [1.82, 2.24) is 9.55 Å². The molecule has 3 heterocycles. The first kappa shape index (κ1) is 14.0. The molecule has 4 heteroatoms. The average molecular weight is 286 g/mol. The Labute approximate surface area is 125 Å². The van der Waals surface area contributed by atoms with Crippen molar-refractivity contribution in [2.45, 2.75) is 47.1 Å². The van der Waals surface area contributed by atoms with Crippen LogP contribution in [-0.4, -0.2) is 22.1 Å². The maximum Gasteiger partial charge on any atom is 0.355 e. The van der Waals surface area contributed by atoms with E-state index in [1.54, 1.807) is 0 Å². The van der Waals surface area contributed by atoms with Crippen LogP contribution in [0.1, 0.15) is 64.1 Å². The van der Waals surface area contributed by atoms with Crippen molar-refractivity contribution in [3.63, 3.8) is 0 Å². The quantitative estimate of drug-likeness (QED) is 0.860. The number of hydrogen-bond donors (Lipinski definition) is 1. The highest BCUT2D eigenvalue weighted by Crippen LogP contribution is 2.37. The second-order valence-corrected chi connectivity index (χ2v) is 5.88. The van der Waals surface area contributed by atoms with Crippen LogP contribution in [-0.2, 0) is 11.2 Å². The third kappa shape index (κ3) is 1.93. The molecule has 4 nitrogen and oxygen atoms in total. The predicted molar refractivity (Wildman–Crippen MR) is 82.0 cm³/mol. The van der Waals surface area contributed by atoms with Crippen LogP contribution in [0, 0.1) is 20.8 Å². The monoisotopic (exact) mass is 286 g/mol. The van der Waals surface area contributed by atoms with Gasteiger partial charge in [-0.1, -0.05) is 0 Å². The molecule has 0 saturated carbocycles. The molecule has 2 aromatic rings. The van der Waals surface area contributed by atoms with Crippen LogP contribution < -0.4 is 0 Å². The Balaban J connectivity index is 2.11. The zero-order valence-corrected chi connectivity index (χ0v) is 13.3. The number of nitrogens with zero attached hydrogens (tertiary/aromatic N) is 1. The summed E-state index contributed by atoms with van der Waals surface area (Å²) < 4.78 is 7.53. The fourth-order valence-corrected chi connectivity index (χ4v) is 3.71. The SMILES string of the molecule is CCOC(=O)c1[nH]c2c(c1C)C(C)n1c(C)cc(C)c1C2. The molecule has 1 N–H and O–H groups in total. The van der Waals surface area contributed by atoms with E-state index in [0.717, 1.165) is 17.7 Å². The number of ether oxygens (including phenoxy) is 1. The normalized spacial score (nSPS) is 16.5. The van der Waals surface area contributed by atoms with Gasteiger partial charge in [-0.05, 0) is 57.4 Å². The minimum Gasteiger partial charge on any atom is -0.461 e. The maximum absolute atomic E-state index is 12.1. The summed E-state index contributed by atoms with van der Waals surface area (Å²) in [6, 6.07) is 2.48. The number of aryl methyl sites for hydroxylation is 2. The van der Waals surface area contributed by atoms with Crippen LogP contribution in [0.15, 0.2) is 6.07 Å². The van der Waals surface area contributed by atoms with Gasteiger partial charge in [0.05, 0.1) is 12.6 Å². The molecule has 1 aliphatic heterocycles. The van der Waals surface area contributed by atoms with Gasteiger partial charge < -0.3 is 14.3 Å². The van der Waals surface area contributed by atoms with Gasteiger partial charge in [-0.25, -0.2) is 4.79 Å². The van der Waals surface area contributed by atoms with Gasteiger partial charge in [0.15, 0.2) is 0 Å². The molecular formula is C17H22N2O2. The van der Waals surface area contributed by atoms with Gasteiger partial charge in [0.25, 0.3) is 0 Å². The van der Waals surface area contributed by atoms with E-state index in [4.69, 9.17) is 4.74 Å². The molecule has 112 valence electrons. The van der Waals surface area contributed by atoms with Crippen LogP contribution in [0.25, 0.3) is 0 Å². The average Bonchev–Trinajstić information content (AvgIpc) is 2.89. The molecule has 0 bridgehead atoms. The van der Waals surface area contributed by atoms with Gasteiger partial charge in [-0.2, -0.15) is 0 Å². The fourth-order valence-electron chi connectivity index (χ4n) is 3.71. The Morgan fingerprint density at radius 2 is 2.14 bits per heavy atom. The molecule has 0 amide bonds. The van der Waals surface area contributed by atoms with Gasteiger partial charge >= 0.3 is 5.97 Å². The third-order valence-electron chi connectivity index (χ3n) is 4.56. The molecule has 0 saturated heterocycles. The highest BCUT2D eigenvalue weighted by Gasteiger charge is 2.30. The fraction of sp³-hybridized carbons (Fsp3) is 0.471. The lowest BCUT2D eigenvalue weighted by molar-refractivity contribution is 0.0519. The van der Waals surface area contributed by atoms with Crippen LogP contribution in [0.3, 0.4) is 0 Å². The summed E-state index contributed by atoms with van der Waals surface area (Å²) in [5, 5.41) is 0. The molecule has 21 heavy (non-hydrogen) atoms. The number of fused-ring (bicyclic) bond motifs is 2. The Kier molecular flexibility index (Phi) is 3.19. The molecule has 3 rings (SSSR count). The standard InChI is InChI=1S/C17H22N2O2/c1-6-21-17(20)16-11(4)15-12(5)19-10(3)7-9(2)14(19)8-13(15)18-16/h7,12,18H,6,8H2,1-5H3. The van der Waals surface area contributed by atoms with E-state index >= 15 is 0 Å². The van der Waals surface area contributed by atoms with Crippen LogP contribution in [0.4, 0.5) is 0 Å². The smallest absolute Gasteiger partial charge is 0.355 e. The van der Waals surface area contributed by atoms with E-state index in [0.29, 0.717) is 12.3 Å². The molecule has 1 unspecified atom stereocenters. The Morgan fingerprint density at radius 1 is 1.43 bits per heavy atom. The summed E-state index contributed by atoms with van der Waals surface area (Å²) in [6.45, 7) is 10.7. The van der Waals surface area contributed by atoms with E-state index in [1.807, 2.05) is 13.8 Å². The van der Waals surface area contributed by atoms with Crippen LogP contribution in [0.5, 0.6) is 0 Å². The van der Waals surface area contributed by atoms with E-state index in [9.17, 15) is 4.79 Å². The highest BCUT2D eigenvalue weighted by atomic mass is 16.5. The van der Waals surface area contributed by atoms with Crippen molar-refractivity contribution < 1.29 is 9.53 Å². The Hall–Kier alpha value is -1.97. The number of H-pyrrole nitrogens is 1. The first-order valence-electron chi connectivity index (χ1n) is 7.51. The zero-order chi connectivity index (χ0) is 15.3. The van der Waals surface area contributed by atoms with Gasteiger partial charge in [0.2, 0.25) is 0 Å². The van der Waals surface area contributed by atoms with Crippen LogP contribution >= 0.6 is 0 Å². The largest absolute Gasteiger partial charge is 0.461 e. The van der Waals surface area contributed by atoms with Crippen LogP contribution in [0.2, 0.25) is 0 Å². The number of rotatable bonds is 2. The molecule has 1 aliphatic rings. The number of carbonyl (C=O) groups is 1. The summed E-state index contributed by atoms with van der Waals surface area (Å²) in [5.41, 5.74) is 7.95. The first-order chi connectivity index (χ1) is 9.95. The number of hydrogen-bond acceptors (Lipinski definition) is 2. The summed E-state index contributed by atoms with van der Waals surface area (Å²) in [7, 11) is 0. The van der Waals surface area contributed by atoms with Crippen molar-refractivity contribution in [3.05, 3.63) is 45.5 Å². The third-order valence-corrected chi connectivity index (χ3v) is 4.56. The first-order valence-corrected chi connectivity index (χ1v) is 7.51. The number of esters is 1. The van der Waals surface area contributed by atoms with Crippen molar-refractivity contribution >= 4 is 5.97 Å². The van der Waals surface area contributed by atoms with Gasteiger partial charge in [-0.15, -0.1) is 0 Å². The van der Waals surface area contributed by atoms with Gasteiger partial charge in [-0.3, -0.25) is 0 Å². The molecular weight excluding hydrogens is 264 g/mol. The summed E-state index contributed by atoms with van der Waals surface area (Å²) in [4.78, 5) is 15.4. The van der Waals surface area contributed by atoms with Crippen molar-refractivity contribution in [2.24, 2.45) is 0 Å². The second kappa shape index (κ2) is 4.79. The minimum absolute atomic E-state index is 0.247. The zero-order valence-electron chi connectivity index (χ0n) is 13.3. The molecule has 0 fully saturated rings. The van der Waals surface area contributed by atoms with Crippen molar-refractivity contribution in [1.29, 1.82) is 0 Å². The predicted octanol–water partition coefficient (Wildman–Crippen LogP) is 3.43. The molecule has 0 spiro atoms.